The number of para-hydroxylation sites is 1. The number of ether oxygens (including phenoxy) is 1. The summed E-state index contributed by atoms with van der Waals surface area (Å²) in [4.78, 5) is 14.7. The molecule has 0 saturated carbocycles. The highest BCUT2D eigenvalue weighted by Crippen LogP contribution is 2.24. The van der Waals surface area contributed by atoms with Crippen molar-refractivity contribution in [2.45, 2.75) is 38.8 Å². The van der Waals surface area contributed by atoms with Crippen molar-refractivity contribution in [3.05, 3.63) is 59.1 Å². The molecule has 0 unspecified atom stereocenters. The van der Waals surface area contributed by atoms with Crippen LogP contribution >= 0.6 is 11.6 Å². The molecule has 2 aromatic rings. The van der Waals surface area contributed by atoms with Crippen molar-refractivity contribution >= 4 is 23.2 Å². The molecule has 0 aliphatic carbocycles. The minimum atomic E-state index is -0.609. The van der Waals surface area contributed by atoms with Crippen LogP contribution in [0.1, 0.15) is 31.7 Å². The lowest BCUT2D eigenvalue weighted by atomic mass is 10.1. The fraction of sp³-hybridized carbons (Fsp3) is 0.381. The summed E-state index contributed by atoms with van der Waals surface area (Å²) < 4.78 is 5.64. The van der Waals surface area contributed by atoms with E-state index in [1.165, 1.54) is 24.9 Å². The average molecular weight is 373 g/mol. The first-order valence-electron chi connectivity index (χ1n) is 9.16. The fourth-order valence-corrected chi connectivity index (χ4v) is 3.27. The highest BCUT2D eigenvalue weighted by Gasteiger charge is 2.16. The molecule has 3 rings (SSSR count). The van der Waals surface area contributed by atoms with Crippen LogP contribution in [0, 0.1) is 0 Å². The molecule has 0 spiro atoms. The summed E-state index contributed by atoms with van der Waals surface area (Å²) in [6.07, 6.45) is 3.25. The molecule has 0 radical (unpaired) electrons. The van der Waals surface area contributed by atoms with Crippen molar-refractivity contribution in [3.8, 4) is 5.75 Å². The first-order chi connectivity index (χ1) is 12.6. The van der Waals surface area contributed by atoms with E-state index >= 15 is 0 Å². The highest BCUT2D eigenvalue weighted by atomic mass is 35.5. The van der Waals surface area contributed by atoms with E-state index in [4.69, 9.17) is 16.3 Å². The van der Waals surface area contributed by atoms with E-state index in [1.807, 2.05) is 12.1 Å². The van der Waals surface area contributed by atoms with Crippen LogP contribution in [0.15, 0.2) is 48.5 Å². The number of carbonyl (C=O) groups excluding carboxylic acids is 1. The summed E-state index contributed by atoms with van der Waals surface area (Å²) >= 11 is 6.06. The van der Waals surface area contributed by atoms with Gasteiger partial charge in [-0.1, -0.05) is 35.9 Å². The Hall–Kier alpha value is -2.20. The molecule has 1 atom stereocenters. The summed E-state index contributed by atoms with van der Waals surface area (Å²) in [5, 5.41) is 3.42. The van der Waals surface area contributed by atoms with Crippen molar-refractivity contribution in [2.24, 2.45) is 0 Å². The zero-order valence-corrected chi connectivity index (χ0v) is 15.8. The number of hydrogen-bond donors (Lipinski definition) is 1. The smallest absolute Gasteiger partial charge is 0.261 e. The number of nitrogens with zero attached hydrogens (tertiary/aromatic N) is 1. The van der Waals surface area contributed by atoms with Crippen molar-refractivity contribution < 1.29 is 9.53 Å². The second kappa shape index (κ2) is 8.95. The van der Waals surface area contributed by atoms with Crippen LogP contribution < -0.4 is 15.0 Å². The van der Waals surface area contributed by atoms with Gasteiger partial charge in [-0.3, -0.25) is 4.79 Å². The van der Waals surface area contributed by atoms with E-state index in [0.29, 0.717) is 17.3 Å². The number of hydrogen-bond acceptors (Lipinski definition) is 3. The second-order valence-electron chi connectivity index (χ2n) is 6.62. The maximum absolute atomic E-state index is 12.3. The molecule has 0 bridgehead atoms. The Balaban J connectivity index is 1.50. The molecule has 1 N–H and O–H groups in total. The molecule has 1 aliphatic rings. The van der Waals surface area contributed by atoms with E-state index < -0.39 is 6.10 Å². The quantitative estimate of drug-likeness (QED) is 0.816. The van der Waals surface area contributed by atoms with E-state index in [9.17, 15) is 4.79 Å². The van der Waals surface area contributed by atoms with Crippen LogP contribution in [0.3, 0.4) is 0 Å². The Labute approximate surface area is 160 Å². The van der Waals surface area contributed by atoms with Crippen molar-refractivity contribution in [2.75, 3.05) is 18.0 Å². The minimum Gasteiger partial charge on any atom is -0.479 e. The van der Waals surface area contributed by atoms with Gasteiger partial charge in [-0.05, 0) is 56.0 Å². The van der Waals surface area contributed by atoms with Crippen LogP contribution in [0.4, 0.5) is 5.69 Å². The van der Waals surface area contributed by atoms with Gasteiger partial charge in [0.2, 0.25) is 0 Å². The van der Waals surface area contributed by atoms with Crippen LogP contribution in [-0.4, -0.2) is 25.1 Å². The molecule has 1 aliphatic heterocycles. The lowest BCUT2D eigenvalue weighted by Crippen LogP contribution is -2.36. The van der Waals surface area contributed by atoms with Crippen molar-refractivity contribution in [1.29, 1.82) is 0 Å². The molecule has 4 nitrogen and oxygen atoms in total. The van der Waals surface area contributed by atoms with E-state index in [0.717, 1.165) is 18.7 Å². The SMILES string of the molecule is C[C@@H](Oc1ccccc1Cl)C(=O)NCc1ccc(N2CCCCC2)cc1. The molecule has 5 heteroatoms. The Bertz CT molecular complexity index is 727. The second-order valence-corrected chi connectivity index (χ2v) is 7.03. The standard InChI is InChI=1S/C21H25ClN2O2/c1-16(26-20-8-4-3-7-19(20)22)21(25)23-15-17-9-11-18(12-10-17)24-13-5-2-6-14-24/h3-4,7-12,16H,2,5-6,13-15H2,1H3,(H,23,25)/t16-/m1/s1. The molecule has 138 valence electrons. The van der Waals surface area contributed by atoms with Gasteiger partial charge in [0, 0.05) is 25.3 Å². The number of amides is 1. The monoisotopic (exact) mass is 372 g/mol. The Kier molecular flexibility index (Phi) is 6.40. The van der Waals surface area contributed by atoms with E-state index in [-0.39, 0.29) is 5.91 Å². The first kappa shape index (κ1) is 18.6. The number of nitrogens with one attached hydrogen (secondary N) is 1. The Morgan fingerprint density at radius 3 is 2.50 bits per heavy atom. The molecule has 1 amide bonds. The molecule has 0 aromatic heterocycles. The molecule has 2 aromatic carbocycles. The summed E-state index contributed by atoms with van der Waals surface area (Å²) in [5.41, 5.74) is 2.33. The van der Waals surface area contributed by atoms with Gasteiger partial charge in [-0.15, -0.1) is 0 Å². The summed E-state index contributed by atoms with van der Waals surface area (Å²) in [5.74, 6) is 0.354. The predicted octanol–water partition coefficient (Wildman–Crippen LogP) is 4.41. The third kappa shape index (κ3) is 4.92. The molecular weight excluding hydrogens is 348 g/mol. The Morgan fingerprint density at radius 2 is 1.81 bits per heavy atom. The maximum atomic E-state index is 12.3. The zero-order valence-electron chi connectivity index (χ0n) is 15.1. The normalized spacial score (nSPS) is 15.4. The summed E-state index contributed by atoms with van der Waals surface area (Å²) in [6.45, 7) is 4.47. The van der Waals surface area contributed by atoms with Gasteiger partial charge >= 0.3 is 0 Å². The number of benzene rings is 2. The van der Waals surface area contributed by atoms with E-state index in [2.05, 4.69) is 34.5 Å². The van der Waals surface area contributed by atoms with Gasteiger partial charge in [0.15, 0.2) is 6.10 Å². The van der Waals surface area contributed by atoms with Crippen molar-refractivity contribution in [1.82, 2.24) is 5.32 Å². The van der Waals surface area contributed by atoms with Gasteiger partial charge in [-0.25, -0.2) is 0 Å². The third-order valence-corrected chi connectivity index (χ3v) is 4.95. The molecule has 1 saturated heterocycles. The summed E-state index contributed by atoms with van der Waals surface area (Å²) in [7, 11) is 0. The number of carbonyl (C=O) groups is 1. The van der Waals surface area contributed by atoms with Gasteiger partial charge in [0.1, 0.15) is 5.75 Å². The molecule has 1 heterocycles. The lowest BCUT2D eigenvalue weighted by Gasteiger charge is -2.28. The third-order valence-electron chi connectivity index (χ3n) is 4.63. The minimum absolute atomic E-state index is 0.162. The average Bonchev–Trinajstić information content (AvgIpc) is 2.69. The largest absolute Gasteiger partial charge is 0.479 e. The molecule has 26 heavy (non-hydrogen) atoms. The summed E-state index contributed by atoms with van der Waals surface area (Å²) in [6, 6.07) is 15.6. The highest BCUT2D eigenvalue weighted by molar-refractivity contribution is 6.32. The van der Waals surface area contributed by atoms with Crippen LogP contribution in [0.2, 0.25) is 5.02 Å². The van der Waals surface area contributed by atoms with Gasteiger partial charge in [0.25, 0.3) is 5.91 Å². The van der Waals surface area contributed by atoms with Gasteiger partial charge < -0.3 is 15.0 Å². The predicted molar refractivity (Wildman–Crippen MR) is 106 cm³/mol. The number of halogens is 1. The number of piperidine rings is 1. The number of anilines is 1. The molecule has 1 fully saturated rings. The number of rotatable bonds is 6. The Morgan fingerprint density at radius 1 is 1.12 bits per heavy atom. The fourth-order valence-electron chi connectivity index (χ4n) is 3.09. The maximum Gasteiger partial charge on any atom is 0.261 e. The van der Waals surface area contributed by atoms with Crippen LogP contribution in [0.25, 0.3) is 0 Å². The van der Waals surface area contributed by atoms with Crippen LogP contribution in [0.5, 0.6) is 5.75 Å². The van der Waals surface area contributed by atoms with Gasteiger partial charge in [-0.2, -0.15) is 0 Å². The van der Waals surface area contributed by atoms with Crippen molar-refractivity contribution in [3.63, 3.8) is 0 Å². The lowest BCUT2D eigenvalue weighted by molar-refractivity contribution is -0.127. The van der Waals surface area contributed by atoms with Crippen LogP contribution in [-0.2, 0) is 11.3 Å². The zero-order chi connectivity index (χ0) is 18.4. The molecular formula is C21H25ClN2O2. The first-order valence-corrected chi connectivity index (χ1v) is 9.54. The van der Waals surface area contributed by atoms with Gasteiger partial charge in [0.05, 0.1) is 5.02 Å². The van der Waals surface area contributed by atoms with E-state index in [1.54, 1.807) is 19.1 Å². The topological polar surface area (TPSA) is 41.6 Å².